The molecule has 0 aromatic heterocycles. The third-order valence-electron chi connectivity index (χ3n) is 3.29. The van der Waals surface area contributed by atoms with Gasteiger partial charge in [-0.05, 0) is 36.4 Å². The Bertz CT molecular complexity index is 716. The van der Waals surface area contributed by atoms with Crippen LogP contribution in [0.15, 0.2) is 47.4 Å². The molecule has 0 spiro atoms. The number of hydrogen-bond donors (Lipinski definition) is 1. The number of nitrogens with zero attached hydrogens (tertiary/aromatic N) is 1. The van der Waals surface area contributed by atoms with Crippen molar-refractivity contribution in [1.82, 2.24) is 0 Å². The van der Waals surface area contributed by atoms with E-state index in [9.17, 15) is 14.9 Å². The number of aryl methyl sites for hydroxylation is 1. The van der Waals surface area contributed by atoms with Crippen molar-refractivity contribution in [2.75, 3.05) is 11.6 Å². The average molecular weight is 316 g/mol. The molecule has 0 bridgehead atoms. The van der Waals surface area contributed by atoms with Crippen molar-refractivity contribution in [3.8, 4) is 0 Å². The average Bonchev–Trinajstić information content (AvgIpc) is 2.54. The van der Waals surface area contributed by atoms with E-state index in [1.807, 2.05) is 31.4 Å². The molecule has 22 heavy (non-hydrogen) atoms. The summed E-state index contributed by atoms with van der Waals surface area (Å²) in [6, 6.07) is 12.0. The third kappa shape index (κ3) is 3.46. The van der Waals surface area contributed by atoms with Gasteiger partial charge >= 0.3 is 0 Å². The van der Waals surface area contributed by atoms with Crippen LogP contribution in [0.5, 0.6) is 0 Å². The lowest BCUT2D eigenvalue weighted by Crippen LogP contribution is -2.15. The van der Waals surface area contributed by atoms with E-state index in [1.54, 1.807) is 18.2 Å². The monoisotopic (exact) mass is 316 g/mol. The van der Waals surface area contributed by atoms with E-state index in [0.717, 1.165) is 16.9 Å². The van der Waals surface area contributed by atoms with Crippen molar-refractivity contribution >= 4 is 29.0 Å². The summed E-state index contributed by atoms with van der Waals surface area (Å²) in [6.45, 7) is 1.99. The van der Waals surface area contributed by atoms with Gasteiger partial charge in [0.25, 0.3) is 11.6 Å². The molecule has 114 valence electrons. The zero-order chi connectivity index (χ0) is 16.1. The molecule has 2 rings (SSSR count). The number of rotatable bonds is 5. The molecule has 5 nitrogen and oxygen atoms in total. The van der Waals surface area contributed by atoms with Crippen molar-refractivity contribution in [2.24, 2.45) is 0 Å². The molecule has 0 unspecified atom stereocenters. The number of hydrogen-bond acceptors (Lipinski definition) is 4. The predicted molar refractivity (Wildman–Crippen MR) is 88.7 cm³/mol. The van der Waals surface area contributed by atoms with Crippen LogP contribution >= 0.6 is 11.8 Å². The van der Waals surface area contributed by atoms with E-state index in [0.29, 0.717) is 5.69 Å². The lowest BCUT2D eigenvalue weighted by atomic mass is 10.1. The molecule has 0 heterocycles. The summed E-state index contributed by atoms with van der Waals surface area (Å²) in [6.07, 6.45) is 2.62. The minimum Gasteiger partial charge on any atom is -0.322 e. The molecule has 0 saturated carbocycles. The topological polar surface area (TPSA) is 72.2 Å². The Morgan fingerprint density at radius 1 is 1.27 bits per heavy atom. The number of nitrogens with one attached hydrogen (secondary N) is 1. The summed E-state index contributed by atoms with van der Waals surface area (Å²) in [7, 11) is 0. The number of para-hydroxylation sites is 1. The molecule has 0 fully saturated rings. The lowest BCUT2D eigenvalue weighted by Gasteiger charge is -2.10. The molecule has 0 atom stereocenters. The van der Waals surface area contributed by atoms with Crippen LogP contribution < -0.4 is 5.32 Å². The van der Waals surface area contributed by atoms with Crippen molar-refractivity contribution in [1.29, 1.82) is 0 Å². The molecule has 1 N–H and O–H groups in total. The van der Waals surface area contributed by atoms with Crippen LogP contribution in [0.1, 0.15) is 22.8 Å². The molecule has 2 aromatic rings. The number of nitro groups is 1. The molecular formula is C16H16N2O3S. The molecule has 0 radical (unpaired) electrons. The summed E-state index contributed by atoms with van der Waals surface area (Å²) in [5.41, 5.74) is 1.55. The van der Waals surface area contributed by atoms with Crippen molar-refractivity contribution in [3.05, 3.63) is 63.7 Å². The van der Waals surface area contributed by atoms with E-state index in [-0.39, 0.29) is 11.3 Å². The van der Waals surface area contributed by atoms with Gasteiger partial charge in [0, 0.05) is 16.6 Å². The molecule has 6 heteroatoms. The molecule has 1 amide bonds. The fourth-order valence-corrected chi connectivity index (χ4v) is 2.56. The first-order chi connectivity index (χ1) is 10.6. The molecule has 0 aliphatic rings. The van der Waals surface area contributed by atoms with E-state index >= 15 is 0 Å². The SMILES string of the molecule is CCc1ccccc1NC(=O)c1cc(SC)ccc1[N+](=O)[O-]. The smallest absolute Gasteiger partial charge is 0.282 e. The second-order valence-electron chi connectivity index (χ2n) is 4.61. The minimum absolute atomic E-state index is 0.0720. The minimum atomic E-state index is -0.537. The van der Waals surface area contributed by atoms with Gasteiger partial charge in [-0.1, -0.05) is 25.1 Å². The standard InChI is InChI=1S/C16H16N2O3S/c1-3-11-6-4-5-7-14(11)17-16(19)13-10-12(22-2)8-9-15(13)18(20)21/h4-10H,3H2,1-2H3,(H,17,19). The summed E-state index contributed by atoms with van der Waals surface area (Å²) in [5, 5.41) is 13.9. The first-order valence-electron chi connectivity index (χ1n) is 6.78. The van der Waals surface area contributed by atoms with Crippen LogP contribution in [-0.2, 0) is 6.42 Å². The first kappa shape index (κ1) is 16.0. The number of carbonyl (C=O) groups is 1. The number of amides is 1. The molecule has 2 aromatic carbocycles. The van der Waals surface area contributed by atoms with Crippen LogP contribution in [0, 0.1) is 10.1 Å². The number of benzene rings is 2. The van der Waals surface area contributed by atoms with Gasteiger partial charge in [0.15, 0.2) is 0 Å². The second kappa shape index (κ2) is 7.09. The second-order valence-corrected chi connectivity index (χ2v) is 5.48. The van der Waals surface area contributed by atoms with Gasteiger partial charge in [-0.15, -0.1) is 11.8 Å². The first-order valence-corrected chi connectivity index (χ1v) is 8.01. The van der Waals surface area contributed by atoms with Gasteiger partial charge in [0.2, 0.25) is 0 Å². The van der Waals surface area contributed by atoms with Crippen LogP contribution in [0.25, 0.3) is 0 Å². The summed E-state index contributed by atoms with van der Waals surface area (Å²) in [4.78, 5) is 23.8. The van der Waals surface area contributed by atoms with Crippen LogP contribution in [0.3, 0.4) is 0 Å². The number of nitro benzene ring substituents is 1. The molecular weight excluding hydrogens is 300 g/mol. The van der Waals surface area contributed by atoms with Gasteiger partial charge in [-0.3, -0.25) is 14.9 Å². The zero-order valence-electron chi connectivity index (χ0n) is 12.3. The Labute approximate surface area is 132 Å². The van der Waals surface area contributed by atoms with E-state index in [2.05, 4.69) is 5.32 Å². The van der Waals surface area contributed by atoms with Crippen LogP contribution in [0.4, 0.5) is 11.4 Å². The predicted octanol–water partition coefficient (Wildman–Crippen LogP) is 4.13. The Morgan fingerprint density at radius 2 is 2.00 bits per heavy atom. The normalized spacial score (nSPS) is 10.3. The van der Waals surface area contributed by atoms with Crippen LogP contribution in [-0.4, -0.2) is 17.1 Å². The van der Waals surface area contributed by atoms with E-state index in [4.69, 9.17) is 0 Å². The number of carbonyl (C=O) groups excluding carboxylic acids is 1. The highest BCUT2D eigenvalue weighted by Crippen LogP contribution is 2.26. The number of thioether (sulfide) groups is 1. The van der Waals surface area contributed by atoms with Crippen molar-refractivity contribution in [3.63, 3.8) is 0 Å². The summed E-state index contributed by atoms with van der Waals surface area (Å²) >= 11 is 1.43. The van der Waals surface area contributed by atoms with E-state index < -0.39 is 10.8 Å². The maximum atomic E-state index is 12.5. The van der Waals surface area contributed by atoms with Crippen LogP contribution in [0.2, 0.25) is 0 Å². The Hall–Kier alpha value is -2.34. The Kier molecular flexibility index (Phi) is 5.16. The largest absolute Gasteiger partial charge is 0.322 e. The quantitative estimate of drug-likeness (QED) is 0.511. The molecule has 0 aliphatic carbocycles. The highest BCUT2D eigenvalue weighted by Gasteiger charge is 2.21. The van der Waals surface area contributed by atoms with Gasteiger partial charge in [-0.2, -0.15) is 0 Å². The maximum Gasteiger partial charge on any atom is 0.282 e. The summed E-state index contributed by atoms with van der Waals surface area (Å²) < 4.78 is 0. The van der Waals surface area contributed by atoms with Crippen molar-refractivity contribution in [2.45, 2.75) is 18.2 Å². The molecule has 0 aliphatic heterocycles. The molecule has 0 saturated heterocycles. The maximum absolute atomic E-state index is 12.5. The van der Waals surface area contributed by atoms with Gasteiger partial charge in [0.1, 0.15) is 5.56 Å². The highest BCUT2D eigenvalue weighted by molar-refractivity contribution is 7.98. The highest BCUT2D eigenvalue weighted by atomic mass is 32.2. The van der Waals surface area contributed by atoms with Gasteiger partial charge in [0.05, 0.1) is 4.92 Å². The van der Waals surface area contributed by atoms with Gasteiger partial charge in [-0.25, -0.2) is 0 Å². The van der Waals surface area contributed by atoms with Crippen molar-refractivity contribution < 1.29 is 9.72 Å². The summed E-state index contributed by atoms with van der Waals surface area (Å²) in [5.74, 6) is -0.469. The fourth-order valence-electron chi connectivity index (χ4n) is 2.12. The van der Waals surface area contributed by atoms with E-state index in [1.165, 1.54) is 17.8 Å². The third-order valence-corrected chi connectivity index (χ3v) is 4.02. The fraction of sp³-hybridized carbons (Fsp3) is 0.188. The Balaban J connectivity index is 2.38. The van der Waals surface area contributed by atoms with Gasteiger partial charge < -0.3 is 5.32 Å². The zero-order valence-corrected chi connectivity index (χ0v) is 13.1. The Morgan fingerprint density at radius 3 is 2.64 bits per heavy atom. The number of anilines is 1. The lowest BCUT2D eigenvalue weighted by molar-refractivity contribution is -0.385.